The zero-order valence-electron chi connectivity index (χ0n) is 9.02. The van der Waals surface area contributed by atoms with Crippen molar-refractivity contribution in [3.8, 4) is 0 Å². The van der Waals surface area contributed by atoms with Crippen LogP contribution in [0, 0.1) is 5.92 Å². The SMILES string of the molecule is O=C(O)CCS(=O)(=O)NCC1CCOCC1. The molecule has 0 amide bonds. The lowest BCUT2D eigenvalue weighted by molar-refractivity contribution is -0.136. The molecule has 0 atom stereocenters. The maximum Gasteiger partial charge on any atom is 0.304 e. The quantitative estimate of drug-likeness (QED) is 0.682. The molecule has 1 heterocycles. The van der Waals surface area contributed by atoms with E-state index in [4.69, 9.17) is 9.84 Å². The summed E-state index contributed by atoms with van der Waals surface area (Å²) < 4.78 is 30.3. The van der Waals surface area contributed by atoms with Gasteiger partial charge in [0.2, 0.25) is 10.0 Å². The van der Waals surface area contributed by atoms with Gasteiger partial charge in [0.1, 0.15) is 0 Å². The standard InChI is InChI=1S/C9H17NO5S/c11-9(12)3-6-16(13,14)10-7-8-1-4-15-5-2-8/h8,10H,1-7H2,(H,11,12). The number of nitrogens with one attached hydrogen (secondary N) is 1. The predicted molar refractivity (Wildman–Crippen MR) is 57.6 cm³/mol. The van der Waals surface area contributed by atoms with Crippen LogP contribution in [0.4, 0.5) is 0 Å². The minimum Gasteiger partial charge on any atom is -0.481 e. The van der Waals surface area contributed by atoms with Crippen LogP contribution >= 0.6 is 0 Å². The molecule has 16 heavy (non-hydrogen) atoms. The third kappa shape index (κ3) is 5.43. The lowest BCUT2D eigenvalue weighted by Gasteiger charge is -2.21. The van der Waals surface area contributed by atoms with E-state index in [1.165, 1.54) is 0 Å². The Morgan fingerprint density at radius 1 is 1.38 bits per heavy atom. The second kappa shape index (κ2) is 6.17. The highest BCUT2D eigenvalue weighted by Crippen LogP contribution is 2.13. The molecule has 0 aliphatic carbocycles. The van der Waals surface area contributed by atoms with Crippen molar-refractivity contribution in [3.63, 3.8) is 0 Å². The van der Waals surface area contributed by atoms with Crippen molar-refractivity contribution in [1.29, 1.82) is 0 Å². The van der Waals surface area contributed by atoms with E-state index in [-0.39, 0.29) is 12.2 Å². The zero-order chi connectivity index (χ0) is 12.0. The fraction of sp³-hybridized carbons (Fsp3) is 0.889. The van der Waals surface area contributed by atoms with E-state index < -0.39 is 16.0 Å². The molecule has 0 radical (unpaired) electrons. The van der Waals surface area contributed by atoms with Gasteiger partial charge in [-0.2, -0.15) is 0 Å². The molecule has 6 nitrogen and oxygen atoms in total. The van der Waals surface area contributed by atoms with Crippen LogP contribution in [-0.2, 0) is 19.6 Å². The van der Waals surface area contributed by atoms with Gasteiger partial charge in [0.05, 0.1) is 12.2 Å². The van der Waals surface area contributed by atoms with Crippen molar-refractivity contribution >= 4 is 16.0 Å². The predicted octanol–water partition coefficient (Wildman–Crippen LogP) is -0.193. The van der Waals surface area contributed by atoms with E-state index in [9.17, 15) is 13.2 Å². The lowest BCUT2D eigenvalue weighted by Crippen LogP contribution is -2.34. The molecular formula is C9H17NO5S. The topological polar surface area (TPSA) is 92.7 Å². The molecule has 0 bridgehead atoms. The highest BCUT2D eigenvalue weighted by molar-refractivity contribution is 7.89. The van der Waals surface area contributed by atoms with Crippen LogP contribution < -0.4 is 4.72 Å². The van der Waals surface area contributed by atoms with Crippen LogP contribution in [0.2, 0.25) is 0 Å². The van der Waals surface area contributed by atoms with E-state index >= 15 is 0 Å². The van der Waals surface area contributed by atoms with Crippen molar-refractivity contribution in [1.82, 2.24) is 4.72 Å². The van der Waals surface area contributed by atoms with Crippen LogP contribution in [-0.4, -0.2) is 45.0 Å². The summed E-state index contributed by atoms with van der Waals surface area (Å²) in [6.07, 6.45) is 1.34. The van der Waals surface area contributed by atoms with Gasteiger partial charge in [-0.05, 0) is 18.8 Å². The van der Waals surface area contributed by atoms with Gasteiger partial charge in [0, 0.05) is 19.8 Å². The van der Waals surface area contributed by atoms with E-state index in [1.54, 1.807) is 0 Å². The first kappa shape index (κ1) is 13.4. The molecule has 1 aliphatic rings. The van der Waals surface area contributed by atoms with Crippen LogP contribution in [0.1, 0.15) is 19.3 Å². The molecule has 0 aromatic heterocycles. The van der Waals surface area contributed by atoms with Gasteiger partial charge >= 0.3 is 5.97 Å². The zero-order valence-corrected chi connectivity index (χ0v) is 9.83. The Labute approximate surface area is 95.0 Å². The summed E-state index contributed by atoms with van der Waals surface area (Å²) in [5.74, 6) is -1.16. The fourth-order valence-corrected chi connectivity index (χ4v) is 2.57. The first-order chi connectivity index (χ1) is 7.49. The van der Waals surface area contributed by atoms with Gasteiger partial charge in [0.25, 0.3) is 0 Å². The summed E-state index contributed by atoms with van der Waals surface area (Å²) in [4.78, 5) is 10.2. The number of aliphatic carboxylic acids is 1. The van der Waals surface area contributed by atoms with Gasteiger partial charge in [0.15, 0.2) is 0 Å². The molecule has 0 spiro atoms. The first-order valence-corrected chi connectivity index (χ1v) is 6.92. The maximum absolute atomic E-state index is 11.4. The van der Waals surface area contributed by atoms with Crippen molar-refractivity contribution < 1.29 is 23.1 Å². The second-order valence-electron chi connectivity index (χ2n) is 3.87. The molecule has 0 aromatic rings. The Morgan fingerprint density at radius 2 is 2.00 bits per heavy atom. The third-order valence-corrected chi connectivity index (χ3v) is 3.87. The van der Waals surface area contributed by atoms with E-state index in [1.807, 2.05) is 0 Å². The van der Waals surface area contributed by atoms with Crippen LogP contribution in [0.5, 0.6) is 0 Å². The van der Waals surface area contributed by atoms with E-state index in [0.29, 0.717) is 25.7 Å². The van der Waals surface area contributed by atoms with Gasteiger partial charge in [-0.1, -0.05) is 0 Å². The van der Waals surface area contributed by atoms with E-state index in [0.717, 1.165) is 12.8 Å². The molecule has 0 saturated carbocycles. The number of carbonyl (C=O) groups is 1. The summed E-state index contributed by atoms with van der Waals surface area (Å²) >= 11 is 0. The number of ether oxygens (including phenoxy) is 1. The van der Waals surface area contributed by atoms with Gasteiger partial charge < -0.3 is 9.84 Å². The normalized spacial score (nSPS) is 18.5. The number of hydrogen-bond donors (Lipinski definition) is 2. The highest BCUT2D eigenvalue weighted by atomic mass is 32.2. The van der Waals surface area contributed by atoms with Gasteiger partial charge in [-0.3, -0.25) is 4.79 Å². The molecule has 1 rings (SSSR count). The first-order valence-electron chi connectivity index (χ1n) is 5.26. The Hall–Kier alpha value is -0.660. The molecule has 0 aromatic carbocycles. The summed E-state index contributed by atoms with van der Waals surface area (Å²) in [5.41, 5.74) is 0. The number of carboxylic acids is 1. The average Bonchev–Trinajstić information content (AvgIpc) is 2.26. The molecular weight excluding hydrogens is 234 g/mol. The third-order valence-electron chi connectivity index (χ3n) is 2.52. The second-order valence-corrected chi connectivity index (χ2v) is 5.79. The monoisotopic (exact) mass is 251 g/mol. The lowest BCUT2D eigenvalue weighted by atomic mass is 10.0. The largest absolute Gasteiger partial charge is 0.481 e. The van der Waals surface area contributed by atoms with Crippen molar-refractivity contribution in [2.75, 3.05) is 25.5 Å². The summed E-state index contributed by atoms with van der Waals surface area (Å²) in [6, 6.07) is 0. The van der Waals surface area contributed by atoms with Crippen molar-refractivity contribution in [3.05, 3.63) is 0 Å². The Kier molecular flexibility index (Phi) is 5.17. The Morgan fingerprint density at radius 3 is 2.56 bits per heavy atom. The molecule has 0 unspecified atom stereocenters. The Balaban J connectivity index is 2.26. The minimum atomic E-state index is -3.45. The highest BCUT2D eigenvalue weighted by Gasteiger charge is 2.18. The smallest absolute Gasteiger partial charge is 0.304 e. The number of hydrogen-bond acceptors (Lipinski definition) is 4. The van der Waals surface area contributed by atoms with Crippen LogP contribution in [0.25, 0.3) is 0 Å². The molecule has 1 saturated heterocycles. The van der Waals surface area contributed by atoms with Crippen LogP contribution in [0.15, 0.2) is 0 Å². The molecule has 94 valence electrons. The average molecular weight is 251 g/mol. The van der Waals surface area contributed by atoms with Crippen molar-refractivity contribution in [2.45, 2.75) is 19.3 Å². The maximum atomic E-state index is 11.4. The molecule has 1 aliphatic heterocycles. The molecule has 7 heteroatoms. The molecule has 1 fully saturated rings. The minimum absolute atomic E-state index is 0.299. The Bertz CT molecular complexity index is 321. The van der Waals surface area contributed by atoms with Crippen molar-refractivity contribution in [2.24, 2.45) is 5.92 Å². The van der Waals surface area contributed by atoms with Gasteiger partial charge in [-0.25, -0.2) is 13.1 Å². The van der Waals surface area contributed by atoms with Gasteiger partial charge in [-0.15, -0.1) is 0 Å². The van der Waals surface area contributed by atoms with E-state index in [2.05, 4.69) is 4.72 Å². The summed E-state index contributed by atoms with van der Waals surface area (Å²) in [6.45, 7) is 1.72. The number of carboxylic acid groups (broad SMARTS) is 1. The number of rotatable bonds is 6. The molecule has 2 N–H and O–H groups in total. The summed E-state index contributed by atoms with van der Waals surface area (Å²) in [5, 5.41) is 8.38. The van der Waals surface area contributed by atoms with Crippen LogP contribution in [0.3, 0.4) is 0 Å². The summed E-state index contributed by atoms with van der Waals surface area (Å²) in [7, 11) is -3.45. The fourth-order valence-electron chi connectivity index (χ4n) is 1.49. The number of sulfonamides is 1.